The number of thiazole rings is 1. The Balaban J connectivity index is 2.20. The van der Waals surface area contributed by atoms with Gasteiger partial charge in [0, 0.05) is 17.6 Å². The van der Waals surface area contributed by atoms with E-state index in [1.54, 1.807) is 25.2 Å². The summed E-state index contributed by atoms with van der Waals surface area (Å²) >= 11 is 7.43. The largest absolute Gasteiger partial charge is 0.316 e. The van der Waals surface area contributed by atoms with Crippen LogP contribution in [0, 0.1) is 6.92 Å². The molecule has 0 aliphatic rings. The van der Waals surface area contributed by atoms with Crippen LogP contribution in [0.5, 0.6) is 0 Å². The Hall–Kier alpha value is -0.990. The summed E-state index contributed by atoms with van der Waals surface area (Å²) in [4.78, 5) is 4.31. The Morgan fingerprint density at radius 1 is 1.33 bits per heavy atom. The molecule has 0 unspecified atom stereocenters. The molecular formula is C13H16ClN3O2S2. The van der Waals surface area contributed by atoms with Crippen LogP contribution >= 0.6 is 22.9 Å². The number of nitrogens with zero attached hydrogens (tertiary/aromatic N) is 1. The van der Waals surface area contributed by atoms with Crippen LogP contribution < -0.4 is 10.0 Å². The second-order valence-electron chi connectivity index (χ2n) is 4.50. The molecule has 0 saturated heterocycles. The molecule has 0 aliphatic heterocycles. The number of hydrogen-bond acceptors (Lipinski definition) is 5. The van der Waals surface area contributed by atoms with Crippen LogP contribution in [-0.2, 0) is 23.1 Å². The average Bonchev–Trinajstić information content (AvgIpc) is 2.85. The summed E-state index contributed by atoms with van der Waals surface area (Å²) in [5, 5.41) is 5.78. The van der Waals surface area contributed by atoms with Crippen molar-refractivity contribution in [3.63, 3.8) is 0 Å². The minimum absolute atomic E-state index is 0.0881. The van der Waals surface area contributed by atoms with Crippen molar-refractivity contribution >= 4 is 33.0 Å². The first kappa shape index (κ1) is 16.4. The van der Waals surface area contributed by atoms with Crippen LogP contribution in [0.15, 0.2) is 28.5 Å². The first-order valence-corrected chi connectivity index (χ1v) is 9.00. The molecule has 2 rings (SSSR count). The molecule has 0 radical (unpaired) electrons. The lowest BCUT2D eigenvalue weighted by molar-refractivity contribution is 0.581. The third-order valence-electron chi connectivity index (χ3n) is 2.75. The molecule has 2 aromatic rings. The monoisotopic (exact) mass is 345 g/mol. The van der Waals surface area contributed by atoms with Crippen molar-refractivity contribution < 1.29 is 8.42 Å². The Labute approximate surface area is 133 Å². The van der Waals surface area contributed by atoms with E-state index >= 15 is 0 Å². The van der Waals surface area contributed by atoms with Crippen molar-refractivity contribution in [3.8, 4) is 0 Å². The number of halogens is 1. The van der Waals surface area contributed by atoms with Gasteiger partial charge in [-0.2, -0.15) is 0 Å². The van der Waals surface area contributed by atoms with Gasteiger partial charge in [-0.1, -0.05) is 17.7 Å². The maximum absolute atomic E-state index is 12.4. The van der Waals surface area contributed by atoms with Gasteiger partial charge in [0.1, 0.15) is 9.90 Å². The molecule has 0 bridgehead atoms. The van der Waals surface area contributed by atoms with E-state index in [0.717, 1.165) is 16.3 Å². The summed E-state index contributed by atoms with van der Waals surface area (Å²) in [7, 11) is -1.87. The minimum Gasteiger partial charge on any atom is -0.316 e. The fraction of sp³-hybridized carbons (Fsp3) is 0.308. The predicted molar refractivity (Wildman–Crippen MR) is 85.1 cm³/mol. The zero-order valence-corrected chi connectivity index (χ0v) is 14.1. The van der Waals surface area contributed by atoms with E-state index in [2.05, 4.69) is 15.0 Å². The first-order valence-electron chi connectivity index (χ1n) is 6.26. The highest BCUT2D eigenvalue weighted by molar-refractivity contribution is 7.89. The average molecular weight is 346 g/mol. The number of nitrogens with one attached hydrogen (secondary N) is 2. The first-order chi connectivity index (χ1) is 9.92. The van der Waals surface area contributed by atoms with Crippen molar-refractivity contribution in [1.29, 1.82) is 0 Å². The van der Waals surface area contributed by atoms with Crippen molar-refractivity contribution in [3.05, 3.63) is 44.9 Å². The molecule has 1 aromatic heterocycles. The fourth-order valence-electron chi connectivity index (χ4n) is 1.79. The van der Waals surface area contributed by atoms with Gasteiger partial charge < -0.3 is 5.32 Å². The summed E-state index contributed by atoms with van der Waals surface area (Å²) in [5.74, 6) is 0. The number of hydrogen-bond donors (Lipinski definition) is 2. The molecule has 0 fully saturated rings. The Morgan fingerprint density at radius 3 is 2.71 bits per heavy atom. The van der Waals surface area contributed by atoms with Gasteiger partial charge in [-0.05, 0) is 31.7 Å². The SMILES string of the molecule is CNCc1ccc(Cl)c(S(=O)(=O)NCc2nc(C)cs2)c1. The lowest BCUT2D eigenvalue weighted by atomic mass is 10.2. The standard InChI is InChI=1S/C13H16ClN3O2S2/c1-9-8-20-13(17-9)7-16-21(18,19)12-5-10(6-15-2)3-4-11(12)14/h3-5,8,15-16H,6-7H2,1-2H3. The van der Waals surface area contributed by atoms with E-state index in [9.17, 15) is 8.42 Å². The molecule has 21 heavy (non-hydrogen) atoms. The van der Waals surface area contributed by atoms with E-state index in [0.29, 0.717) is 6.54 Å². The molecule has 0 atom stereocenters. The molecule has 5 nitrogen and oxygen atoms in total. The zero-order chi connectivity index (χ0) is 15.5. The van der Waals surface area contributed by atoms with E-state index in [1.165, 1.54) is 11.3 Å². The third-order valence-corrected chi connectivity index (χ3v) is 5.60. The second-order valence-corrected chi connectivity index (χ2v) is 7.59. The van der Waals surface area contributed by atoms with Gasteiger partial charge >= 0.3 is 0 Å². The molecule has 0 saturated carbocycles. The van der Waals surface area contributed by atoms with Crippen LogP contribution in [0.25, 0.3) is 0 Å². The summed E-state index contributed by atoms with van der Waals surface area (Å²) in [6.07, 6.45) is 0. The van der Waals surface area contributed by atoms with Crippen LogP contribution in [0.3, 0.4) is 0 Å². The van der Waals surface area contributed by atoms with Crippen molar-refractivity contribution in [1.82, 2.24) is 15.0 Å². The molecular weight excluding hydrogens is 330 g/mol. The van der Waals surface area contributed by atoms with Crippen LogP contribution in [0.2, 0.25) is 5.02 Å². The summed E-state index contributed by atoms with van der Waals surface area (Å²) in [6.45, 7) is 2.60. The molecule has 0 spiro atoms. The third kappa shape index (κ3) is 4.24. The van der Waals surface area contributed by atoms with Gasteiger partial charge in [-0.25, -0.2) is 18.1 Å². The Morgan fingerprint density at radius 2 is 2.10 bits per heavy atom. The number of benzene rings is 1. The summed E-state index contributed by atoms with van der Waals surface area (Å²) in [5.41, 5.74) is 1.73. The minimum atomic E-state index is -3.66. The molecule has 2 N–H and O–H groups in total. The van der Waals surface area contributed by atoms with Gasteiger partial charge in [0.25, 0.3) is 0 Å². The number of rotatable bonds is 6. The Kier molecular flexibility index (Phi) is 5.34. The van der Waals surface area contributed by atoms with E-state index < -0.39 is 10.0 Å². The molecule has 1 aromatic carbocycles. The fourth-order valence-corrected chi connectivity index (χ4v) is 4.12. The zero-order valence-electron chi connectivity index (χ0n) is 11.7. The molecule has 1 heterocycles. The normalized spacial score (nSPS) is 11.8. The van der Waals surface area contributed by atoms with Gasteiger partial charge in [-0.15, -0.1) is 11.3 Å². The Bertz CT molecular complexity index is 729. The van der Waals surface area contributed by atoms with Gasteiger partial charge in [0.15, 0.2) is 0 Å². The molecule has 0 amide bonds. The molecule has 8 heteroatoms. The summed E-state index contributed by atoms with van der Waals surface area (Å²) < 4.78 is 27.2. The maximum Gasteiger partial charge on any atom is 0.242 e. The number of aryl methyl sites for hydroxylation is 1. The van der Waals surface area contributed by atoms with Crippen LogP contribution in [-0.4, -0.2) is 20.4 Å². The highest BCUT2D eigenvalue weighted by Crippen LogP contribution is 2.23. The molecule has 0 aliphatic carbocycles. The topological polar surface area (TPSA) is 71.1 Å². The molecule has 114 valence electrons. The lowest BCUT2D eigenvalue weighted by Crippen LogP contribution is -2.23. The van der Waals surface area contributed by atoms with E-state index in [-0.39, 0.29) is 16.5 Å². The van der Waals surface area contributed by atoms with Gasteiger partial charge in [-0.3, -0.25) is 0 Å². The van der Waals surface area contributed by atoms with Gasteiger partial charge in [0.2, 0.25) is 10.0 Å². The predicted octanol–water partition coefficient (Wildman–Crippen LogP) is 2.30. The van der Waals surface area contributed by atoms with Crippen molar-refractivity contribution in [2.45, 2.75) is 24.9 Å². The van der Waals surface area contributed by atoms with Crippen LogP contribution in [0.4, 0.5) is 0 Å². The quantitative estimate of drug-likeness (QED) is 0.842. The van der Waals surface area contributed by atoms with E-state index in [4.69, 9.17) is 11.6 Å². The summed E-state index contributed by atoms with van der Waals surface area (Å²) in [6, 6.07) is 4.96. The van der Waals surface area contributed by atoms with Crippen LogP contribution in [0.1, 0.15) is 16.3 Å². The second kappa shape index (κ2) is 6.85. The lowest BCUT2D eigenvalue weighted by Gasteiger charge is -2.09. The van der Waals surface area contributed by atoms with E-state index in [1.807, 2.05) is 12.3 Å². The maximum atomic E-state index is 12.4. The highest BCUT2D eigenvalue weighted by Gasteiger charge is 2.18. The number of sulfonamides is 1. The highest BCUT2D eigenvalue weighted by atomic mass is 35.5. The smallest absolute Gasteiger partial charge is 0.242 e. The number of aromatic nitrogens is 1. The van der Waals surface area contributed by atoms with Crippen molar-refractivity contribution in [2.24, 2.45) is 0 Å². The van der Waals surface area contributed by atoms with Crippen molar-refractivity contribution in [2.75, 3.05) is 7.05 Å². The van der Waals surface area contributed by atoms with Gasteiger partial charge in [0.05, 0.1) is 11.6 Å².